The van der Waals surface area contributed by atoms with Gasteiger partial charge < -0.3 is 20.9 Å². The van der Waals surface area contributed by atoms with Crippen molar-refractivity contribution in [2.24, 2.45) is 5.73 Å². The summed E-state index contributed by atoms with van der Waals surface area (Å²) in [5.41, 5.74) is 5.24. The summed E-state index contributed by atoms with van der Waals surface area (Å²) in [7, 11) is 1.26. The van der Waals surface area contributed by atoms with Crippen molar-refractivity contribution in [3.05, 3.63) is 0 Å². The van der Waals surface area contributed by atoms with E-state index in [0.29, 0.717) is 0 Å². The first-order chi connectivity index (χ1) is 5.99. The summed E-state index contributed by atoms with van der Waals surface area (Å²) in [6, 6.07) is -0.647. The average Bonchev–Trinajstić information content (AvgIpc) is 2.04. The third-order valence-corrected chi connectivity index (χ3v) is 1.44. The molecule has 4 N–H and O–H groups in total. The fourth-order valence-corrected chi connectivity index (χ4v) is 0.626. The van der Waals surface area contributed by atoms with Gasteiger partial charge in [-0.1, -0.05) is 0 Å². The van der Waals surface area contributed by atoms with Crippen LogP contribution in [0.25, 0.3) is 0 Å². The van der Waals surface area contributed by atoms with Gasteiger partial charge in [0.25, 0.3) is 0 Å². The molecule has 13 heavy (non-hydrogen) atoms. The monoisotopic (exact) mass is 190 g/mol. The minimum Gasteiger partial charge on any atom is -0.479 e. The molecule has 0 aliphatic carbocycles. The third kappa shape index (κ3) is 4.44. The molecule has 0 radical (unpaired) electrons. The van der Waals surface area contributed by atoms with E-state index in [1.54, 1.807) is 0 Å². The van der Waals surface area contributed by atoms with Crippen LogP contribution in [0.3, 0.4) is 0 Å². The lowest BCUT2D eigenvalue weighted by Gasteiger charge is -2.12. The van der Waals surface area contributed by atoms with Crippen LogP contribution in [-0.2, 0) is 14.3 Å². The van der Waals surface area contributed by atoms with Crippen molar-refractivity contribution in [3.8, 4) is 0 Å². The van der Waals surface area contributed by atoms with E-state index in [2.05, 4.69) is 10.1 Å². The number of methoxy groups -OCH3 is 1. The minimum atomic E-state index is -1.12. The van der Waals surface area contributed by atoms with Crippen molar-refractivity contribution >= 4 is 11.9 Å². The maximum absolute atomic E-state index is 10.9. The smallest absolute Gasteiger partial charge is 0.334 e. The first kappa shape index (κ1) is 11.9. The molecule has 0 fully saturated rings. The molecule has 0 heterocycles. The first-order valence-corrected chi connectivity index (χ1v) is 3.78. The highest BCUT2D eigenvalue weighted by molar-refractivity contribution is 5.82. The zero-order valence-corrected chi connectivity index (χ0v) is 7.61. The first-order valence-electron chi connectivity index (χ1n) is 3.78. The molecule has 0 aromatic rings. The van der Waals surface area contributed by atoms with Crippen molar-refractivity contribution in [3.63, 3.8) is 0 Å². The van der Waals surface area contributed by atoms with Gasteiger partial charge in [0, 0.05) is 7.11 Å². The summed E-state index contributed by atoms with van der Waals surface area (Å²) >= 11 is 0. The zero-order chi connectivity index (χ0) is 10.4. The van der Waals surface area contributed by atoms with Gasteiger partial charge in [-0.2, -0.15) is 0 Å². The molecule has 0 aromatic heterocycles. The number of amides is 1. The Labute approximate surface area is 76.0 Å². The van der Waals surface area contributed by atoms with Crippen LogP contribution >= 0.6 is 0 Å². The predicted molar refractivity (Wildman–Crippen MR) is 45.1 cm³/mol. The van der Waals surface area contributed by atoms with Crippen LogP contribution in [0.15, 0.2) is 0 Å². The highest BCUT2D eigenvalue weighted by Gasteiger charge is 2.17. The number of hydrogen-bond donors (Lipinski definition) is 3. The Morgan fingerprint density at radius 3 is 2.46 bits per heavy atom. The Morgan fingerprint density at radius 1 is 1.62 bits per heavy atom. The number of aliphatic carboxylic acids is 1. The lowest BCUT2D eigenvalue weighted by atomic mass is 10.3. The van der Waals surface area contributed by atoms with E-state index in [1.165, 1.54) is 14.0 Å². The van der Waals surface area contributed by atoms with Crippen molar-refractivity contribution in [1.82, 2.24) is 5.32 Å². The van der Waals surface area contributed by atoms with Gasteiger partial charge >= 0.3 is 5.97 Å². The van der Waals surface area contributed by atoms with E-state index in [0.717, 1.165) is 0 Å². The van der Waals surface area contributed by atoms with Gasteiger partial charge in [-0.25, -0.2) is 4.79 Å². The summed E-state index contributed by atoms with van der Waals surface area (Å²) < 4.78 is 4.59. The zero-order valence-electron chi connectivity index (χ0n) is 7.61. The van der Waals surface area contributed by atoms with Crippen LogP contribution in [0, 0.1) is 0 Å². The van der Waals surface area contributed by atoms with Gasteiger partial charge in [-0.15, -0.1) is 0 Å². The van der Waals surface area contributed by atoms with E-state index < -0.39 is 24.0 Å². The highest BCUT2D eigenvalue weighted by atomic mass is 16.5. The molecule has 6 nitrogen and oxygen atoms in total. The molecule has 0 bridgehead atoms. The summed E-state index contributed by atoms with van der Waals surface area (Å²) in [6.45, 7) is 1.43. The van der Waals surface area contributed by atoms with Crippen LogP contribution in [0.2, 0.25) is 0 Å². The number of carbonyl (C=O) groups is 2. The Kier molecular flexibility index (Phi) is 5.01. The molecule has 1 amide bonds. The lowest BCUT2D eigenvalue weighted by Crippen LogP contribution is -2.44. The number of carbonyl (C=O) groups excluding carboxylic acids is 1. The fourth-order valence-electron chi connectivity index (χ4n) is 0.626. The molecule has 0 spiro atoms. The molecule has 0 saturated heterocycles. The predicted octanol–water partition coefficient (Wildman–Crippen LogP) is -1.45. The molecule has 0 aliphatic heterocycles. The summed E-state index contributed by atoms with van der Waals surface area (Å²) in [4.78, 5) is 21.3. The van der Waals surface area contributed by atoms with Gasteiger partial charge in [0.1, 0.15) is 0 Å². The Bertz CT molecular complexity index is 193. The average molecular weight is 190 g/mol. The van der Waals surface area contributed by atoms with Gasteiger partial charge in [0.2, 0.25) is 5.91 Å². The van der Waals surface area contributed by atoms with Crippen LogP contribution in [-0.4, -0.2) is 42.8 Å². The second-order valence-corrected chi connectivity index (χ2v) is 2.60. The van der Waals surface area contributed by atoms with Crippen LogP contribution < -0.4 is 11.1 Å². The topological polar surface area (TPSA) is 102 Å². The number of carboxylic acids is 1. The van der Waals surface area contributed by atoms with Gasteiger partial charge in [-0.3, -0.25) is 4.79 Å². The number of carboxylic acid groups (broad SMARTS) is 1. The van der Waals surface area contributed by atoms with Crippen LogP contribution in [0.4, 0.5) is 0 Å². The third-order valence-electron chi connectivity index (χ3n) is 1.44. The van der Waals surface area contributed by atoms with E-state index >= 15 is 0 Å². The molecule has 6 heteroatoms. The molecule has 0 aliphatic rings. The van der Waals surface area contributed by atoms with Crippen molar-refractivity contribution in [1.29, 1.82) is 0 Å². The number of nitrogens with one attached hydrogen (secondary N) is 1. The van der Waals surface area contributed by atoms with Crippen LogP contribution in [0.1, 0.15) is 6.92 Å². The van der Waals surface area contributed by atoms with Crippen molar-refractivity contribution < 1.29 is 19.4 Å². The van der Waals surface area contributed by atoms with Gasteiger partial charge in [0.05, 0.1) is 12.6 Å². The maximum atomic E-state index is 10.9. The SMILES string of the molecule is COC(CNC(=O)[C@H](C)N)C(=O)O. The van der Waals surface area contributed by atoms with Gasteiger partial charge in [-0.05, 0) is 6.92 Å². The quantitative estimate of drug-likeness (QED) is 0.492. The largest absolute Gasteiger partial charge is 0.479 e. The minimum absolute atomic E-state index is 0.0772. The Hall–Kier alpha value is -1.14. The Morgan fingerprint density at radius 2 is 2.15 bits per heavy atom. The molecule has 1 unspecified atom stereocenters. The Balaban J connectivity index is 3.85. The second-order valence-electron chi connectivity index (χ2n) is 2.60. The maximum Gasteiger partial charge on any atom is 0.334 e. The normalized spacial score (nSPS) is 14.7. The summed E-state index contributed by atoms with van der Waals surface area (Å²) in [5.74, 6) is -1.52. The summed E-state index contributed by atoms with van der Waals surface area (Å²) in [5, 5.41) is 10.9. The number of nitrogens with two attached hydrogens (primary N) is 1. The fraction of sp³-hybridized carbons (Fsp3) is 0.714. The van der Waals surface area contributed by atoms with E-state index in [-0.39, 0.29) is 6.54 Å². The number of ether oxygens (including phenoxy) is 1. The highest BCUT2D eigenvalue weighted by Crippen LogP contribution is 1.88. The van der Waals surface area contributed by atoms with E-state index in [9.17, 15) is 9.59 Å². The molecule has 2 atom stereocenters. The lowest BCUT2D eigenvalue weighted by molar-refractivity contribution is -0.148. The van der Waals surface area contributed by atoms with E-state index in [1.807, 2.05) is 0 Å². The summed E-state index contributed by atoms with van der Waals surface area (Å²) in [6.07, 6.45) is -1.03. The van der Waals surface area contributed by atoms with Gasteiger partial charge in [0.15, 0.2) is 6.10 Å². The number of hydrogen-bond acceptors (Lipinski definition) is 4. The standard InChI is InChI=1S/C7H14N2O4/c1-4(8)6(10)9-3-5(13-2)7(11)12/h4-5H,3,8H2,1-2H3,(H,9,10)(H,11,12)/t4-,5?/m0/s1. The second kappa shape index (κ2) is 5.50. The molecule has 76 valence electrons. The number of rotatable bonds is 5. The van der Waals surface area contributed by atoms with Crippen molar-refractivity contribution in [2.45, 2.75) is 19.1 Å². The molecule has 0 aromatic carbocycles. The van der Waals surface area contributed by atoms with Crippen molar-refractivity contribution in [2.75, 3.05) is 13.7 Å². The van der Waals surface area contributed by atoms with Crippen LogP contribution in [0.5, 0.6) is 0 Å². The molecule has 0 rings (SSSR count). The molecule has 0 saturated carbocycles. The molecular formula is C7H14N2O4. The molecular weight excluding hydrogens is 176 g/mol. The van der Waals surface area contributed by atoms with E-state index in [4.69, 9.17) is 10.8 Å².